The van der Waals surface area contributed by atoms with Gasteiger partial charge in [-0.3, -0.25) is 4.79 Å². The Bertz CT molecular complexity index is 893. The predicted octanol–water partition coefficient (Wildman–Crippen LogP) is 1.48. The summed E-state index contributed by atoms with van der Waals surface area (Å²) in [4.78, 5) is 27.7. The van der Waals surface area contributed by atoms with Gasteiger partial charge in [-0.05, 0) is 12.1 Å². The van der Waals surface area contributed by atoms with Crippen LogP contribution >= 0.6 is 0 Å². The zero-order valence-electron chi connectivity index (χ0n) is 11.4. The zero-order valence-corrected chi connectivity index (χ0v) is 11.4. The van der Waals surface area contributed by atoms with Crippen LogP contribution in [0.25, 0.3) is 10.9 Å². The van der Waals surface area contributed by atoms with Gasteiger partial charge in [0.05, 0.1) is 12.1 Å². The molecule has 0 fully saturated rings. The third kappa shape index (κ3) is 2.20. The summed E-state index contributed by atoms with van der Waals surface area (Å²) in [5.74, 6) is -0.445. The lowest BCUT2D eigenvalue weighted by atomic mass is 10.1. The quantitative estimate of drug-likeness (QED) is 0.790. The van der Waals surface area contributed by atoms with Crippen molar-refractivity contribution in [3.05, 3.63) is 64.5 Å². The smallest absolute Gasteiger partial charge is 0.341 e. The number of para-hydroxylation sites is 1. The van der Waals surface area contributed by atoms with Crippen LogP contribution in [0.2, 0.25) is 0 Å². The summed E-state index contributed by atoms with van der Waals surface area (Å²) in [7, 11) is 1.87. The summed E-state index contributed by atoms with van der Waals surface area (Å²) in [5, 5.41) is 9.59. The Morgan fingerprint density at radius 3 is 2.76 bits per heavy atom. The van der Waals surface area contributed by atoms with E-state index in [4.69, 9.17) is 0 Å². The number of aryl methyl sites for hydroxylation is 1. The minimum absolute atomic E-state index is 0.233. The van der Waals surface area contributed by atoms with Gasteiger partial charge in [-0.1, -0.05) is 12.1 Å². The number of aromatic nitrogens is 3. The molecule has 3 rings (SSSR count). The number of hydrogen-bond donors (Lipinski definition) is 1. The van der Waals surface area contributed by atoms with Crippen LogP contribution in [0.1, 0.15) is 16.2 Å². The molecule has 0 unspecified atom stereocenters. The maximum Gasteiger partial charge on any atom is 0.341 e. The van der Waals surface area contributed by atoms with Crippen molar-refractivity contribution in [1.29, 1.82) is 0 Å². The first-order valence-electron chi connectivity index (χ1n) is 6.39. The van der Waals surface area contributed by atoms with E-state index in [1.54, 1.807) is 29.0 Å². The first-order chi connectivity index (χ1) is 10.1. The second-order valence-corrected chi connectivity index (χ2v) is 4.78. The molecule has 0 saturated carbocycles. The van der Waals surface area contributed by atoms with Gasteiger partial charge in [0.15, 0.2) is 0 Å². The highest BCUT2D eigenvalue weighted by atomic mass is 16.4. The lowest BCUT2D eigenvalue weighted by Crippen LogP contribution is -2.19. The van der Waals surface area contributed by atoms with Gasteiger partial charge in [-0.25, -0.2) is 9.78 Å². The van der Waals surface area contributed by atoms with Crippen LogP contribution < -0.4 is 5.43 Å². The predicted molar refractivity (Wildman–Crippen MR) is 77.5 cm³/mol. The first-order valence-corrected chi connectivity index (χ1v) is 6.39. The second-order valence-electron chi connectivity index (χ2n) is 4.78. The molecule has 21 heavy (non-hydrogen) atoms. The number of rotatable bonds is 3. The molecule has 6 nitrogen and oxygen atoms in total. The van der Waals surface area contributed by atoms with Crippen molar-refractivity contribution in [2.75, 3.05) is 0 Å². The normalized spacial score (nSPS) is 10.9. The van der Waals surface area contributed by atoms with Gasteiger partial charge < -0.3 is 14.2 Å². The van der Waals surface area contributed by atoms with E-state index in [1.807, 2.05) is 23.9 Å². The zero-order chi connectivity index (χ0) is 15.0. The van der Waals surface area contributed by atoms with Gasteiger partial charge in [0.1, 0.15) is 11.4 Å². The Labute approximate surface area is 119 Å². The summed E-state index contributed by atoms with van der Waals surface area (Å²) in [5.41, 5.74) is -0.00685. The van der Waals surface area contributed by atoms with Gasteiger partial charge in [-0.15, -0.1) is 0 Å². The molecule has 0 saturated heterocycles. The largest absolute Gasteiger partial charge is 0.477 e. The molecule has 0 aliphatic carbocycles. The van der Waals surface area contributed by atoms with Gasteiger partial charge in [0.25, 0.3) is 0 Å². The van der Waals surface area contributed by atoms with E-state index in [0.29, 0.717) is 17.4 Å². The van der Waals surface area contributed by atoms with Crippen molar-refractivity contribution in [3.63, 3.8) is 0 Å². The topological polar surface area (TPSA) is 77.1 Å². The number of carbonyl (C=O) groups is 1. The highest BCUT2D eigenvalue weighted by Gasteiger charge is 2.14. The molecule has 3 aromatic rings. The number of aromatic carboxylic acids is 1. The fourth-order valence-electron chi connectivity index (χ4n) is 2.33. The van der Waals surface area contributed by atoms with E-state index in [0.717, 1.165) is 5.82 Å². The van der Waals surface area contributed by atoms with Crippen molar-refractivity contribution in [2.45, 2.75) is 6.54 Å². The third-order valence-corrected chi connectivity index (χ3v) is 3.45. The van der Waals surface area contributed by atoms with Crippen LogP contribution in [-0.2, 0) is 13.6 Å². The van der Waals surface area contributed by atoms with Crippen molar-refractivity contribution < 1.29 is 9.90 Å². The van der Waals surface area contributed by atoms with Gasteiger partial charge in [-0.2, -0.15) is 0 Å². The minimum atomic E-state index is -1.22. The van der Waals surface area contributed by atoms with E-state index >= 15 is 0 Å². The number of fused-ring (bicyclic) bond motifs is 1. The molecule has 1 aromatic carbocycles. The van der Waals surface area contributed by atoms with Crippen molar-refractivity contribution >= 4 is 16.9 Å². The number of hydrogen-bond acceptors (Lipinski definition) is 3. The van der Waals surface area contributed by atoms with Gasteiger partial charge in [0.2, 0.25) is 5.43 Å². The molecule has 0 atom stereocenters. The fourth-order valence-corrected chi connectivity index (χ4v) is 2.33. The molecule has 0 amide bonds. The standard InChI is InChI=1S/C15H13N3O3/c1-17-7-6-16-13(17)9-18-8-11(15(20)21)14(19)10-4-2-3-5-12(10)18/h2-8H,9H2,1H3,(H,20,21). The van der Waals surface area contributed by atoms with E-state index < -0.39 is 11.4 Å². The Kier molecular flexibility index (Phi) is 3.06. The molecule has 0 bridgehead atoms. The SMILES string of the molecule is Cn1ccnc1Cn1cc(C(=O)O)c(=O)c2ccccc21. The Hall–Kier alpha value is -2.89. The molecule has 106 valence electrons. The van der Waals surface area contributed by atoms with Crippen molar-refractivity contribution in [2.24, 2.45) is 7.05 Å². The lowest BCUT2D eigenvalue weighted by molar-refractivity contribution is 0.0695. The van der Waals surface area contributed by atoms with Gasteiger partial charge >= 0.3 is 5.97 Å². The summed E-state index contributed by atoms with van der Waals surface area (Å²) >= 11 is 0. The second kappa shape index (κ2) is 4.90. The first kappa shape index (κ1) is 13.1. The molecule has 0 aliphatic heterocycles. The molecule has 1 N–H and O–H groups in total. The minimum Gasteiger partial charge on any atom is -0.477 e. The molecule has 2 aromatic heterocycles. The Morgan fingerprint density at radius 1 is 1.33 bits per heavy atom. The lowest BCUT2D eigenvalue weighted by Gasteiger charge is -2.12. The Balaban J connectivity index is 2.26. The summed E-state index contributed by atoms with van der Waals surface area (Å²) in [6.45, 7) is 0.393. The summed E-state index contributed by atoms with van der Waals surface area (Å²) in [6.07, 6.45) is 4.87. The number of carboxylic acid groups (broad SMARTS) is 1. The van der Waals surface area contributed by atoms with E-state index in [2.05, 4.69) is 4.98 Å². The number of nitrogens with zero attached hydrogens (tertiary/aromatic N) is 3. The average molecular weight is 283 g/mol. The third-order valence-electron chi connectivity index (χ3n) is 3.45. The van der Waals surface area contributed by atoms with Crippen LogP contribution in [0.15, 0.2) is 47.7 Å². The summed E-state index contributed by atoms with van der Waals surface area (Å²) in [6, 6.07) is 6.97. The van der Waals surface area contributed by atoms with Crippen LogP contribution in [0.5, 0.6) is 0 Å². The molecular weight excluding hydrogens is 270 g/mol. The monoisotopic (exact) mass is 283 g/mol. The highest BCUT2D eigenvalue weighted by molar-refractivity contribution is 5.92. The average Bonchev–Trinajstić information content (AvgIpc) is 2.87. The highest BCUT2D eigenvalue weighted by Crippen LogP contribution is 2.13. The van der Waals surface area contributed by atoms with Crippen LogP contribution in [0.4, 0.5) is 0 Å². The van der Waals surface area contributed by atoms with E-state index in [9.17, 15) is 14.7 Å². The number of carboxylic acids is 1. The molecule has 6 heteroatoms. The molecule has 0 radical (unpaired) electrons. The maximum absolute atomic E-state index is 12.2. The number of benzene rings is 1. The molecule has 0 spiro atoms. The fraction of sp³-hybridized carbons (Fsp3) is 0.133. The van der Waals surface area contributed by atoms with Gasteiger partial charge in [0, 0.05) is 31.0 Å². The Morgan fingerprint density at radius 2 is 2.10 bits per heavy atom. The molecule has 0 aliphatic rings. The number of imidazole rings is 1. The van der Waals surface area contributed by atoms with Crippen LogP contribution in [0.3, 0.4) is 0 Å². The van der Waals surface area contributed by atoms with E-state index in [1.165, 1.54) is 6.20 Å². The van der Waals surface area contributed by atoms with Crippen LogP contribution in [0, 0.1) is 0 Å². The van der Waals surface area contributed by atoms with Crippen molar-refractivity contribution in [3.8, 4) is 0 Å². The molecular formula is C15H13N3O3. The summed E-state index contributed by atoms with van der Waals surface area (Å²) < 4.78 is 3.59. The van der Waals surface area contributed by atoms with Crippen LogP contribution in [-0.4, -0.2) is 25.2 Å². The number of pyridine rings is 1. The molecule has 2 heterocycles. The van der Waals surface area contributed by atoms with E-state index in [-0.39, 0.29) is 5.56 Å². The van der Waals surface area contributed by atoms with Crippen molar-refractivity contribution in [1.82, 2.24) is 14.1 Å². The maximum atomic E-state index is 12.2.